The summed E-state index contributed by atoms with van der Waals surface area (Å²) < 4.78 is 0.832. The number of rotatable bonds is 5. The van der Waals surface area contributed by atoms with Gasteiger partial charge in [-0.15, -0.1) is 0 Å². The fourth-order valence-electron chi connectivity index (χ4n) is 2.27. The highest BCUT2D eigenvalue weighted by Crippen LogP contribution is 2.16. The highest BCUT2D eigenvalue weighted by Gasteiger charge is 2.15. The van der Waals surface area contributed by atoms with Gasteiger partial charge >= 0.3 is 0 Å². The van der Waals surface area contributed by atoms with Gasteiger partial charge in [-0.3, -0.25) is 9.59 Å². The predicted molar refractivity (Wildman–Crippen MR) is 95.6 cm³/mol. The van der Waals surface area contributed by atoms with Gasteiger partial charge in [0.2, 0.25) is 5.91 Å². The van der Waals surface area contributed by atoms with E-state index in [0.717, 1.165) is 22.1 Å². The summed E-state index contributed by atoms with van der Waals surface area (Å²) in [4.78, 5) is 25.9. The van der Waals surface area contributed by atoms with Gasteiger partial charge in [-0.1, -0.05) is 47.1 Å². The maximum atomic E-state index is 12.3. The van der Waals surface area contributed by atoms with Crippen molar-refractivity contribution in [2.24, 2.45) is 0 Å². The molecule has 0 fully saturated rings. The molecule has 2 aromatic rings. The first-order chi connectivity index (χ1) is 11.0. The van der Waals surface area contributed by atoms with Crippen molar-refractivity contribution in [3.63, 3.8) is 0 Å². The molecule has 0 saturated heterocycles. The lowest BCUT2D eigenvalue weighted by atomic mass is 10.1. The number of likely N-dealkylation sites (N-methyl/N-ethyl adjacent to an activating group) is 1. The number of nitrogens with one attached hydrogen (secondary N) is 1. The number of amides is 2. The fourth-order valence-corrected chi connectivity index (χ4v) is 2.67. The van der Waals surface area contributed by atoms with Crippen LogP contribution in [0.5, 0.6) is 0 Å². The standard InChI is InChI=1S/C18H19BrN2O2/c1-3-13-7-4-5-10-16(13)20-17(22)12-21(2)18(23)14-8-6-9-15(19)11-14/h4-11H,3,12H2,1-2H3,(H,20,22). The lowest BCUT2D eigenvalue weighted by Crippen LogP contribution is -2.35. The normalized spacial score (nSPS) is 10.2. The van der Waals surface area contributed by atoms with Crippen molar-refractivity contribution < 1.29 is 9.59 Å². The van der Waals surface area contributed by atoms with E-state index >= 15 is 0 Å². The van der Waals surface area contributed by atoms with Crippen LogP contribution in [-0.4, -0.2) is 30.3 Å². The summed E-state index contributed by atoms with van der Waals surface area (Å²) in [5.74, 6) is -0.401. The molecule has 2 rings (SSSR count). The van der Waals surface area contributed by atoms with Crippen molar-refractivity contribution >= 4 is 33.4 Å². The molecule has 4 nitrogen and oxygen atoms in total. The smallest absolute Gasteiger partial charge is 0.254 e. The first-order valence-electron chi connectivity index (χ1n) is 7.40. The number of benzene rings is 2. The SMILES string of the molecule is CCc1ccccc1NC(=O)CN(C)C(=O)c1cccc(Br)c1. The summed E-state index contributed by atoms with van der Waals surface area (Å²) in [6.45, 7) is 2.04. The minimum atomic E-state index is -0.211. The third-order valence-electron chi connectivity index (χ3n) is 3.47. The Labute approximate surface area is 144 Å². The van der Waals surface area contributed by atoms with Gasteiger partial charge in [-0.2, -0.15) is 0 Å². The van der Waals surface area contributed by atoms with Crippen molar-refractivity contribution in [3.05, 3.63) is 64.1 Å². The Morgan fingerprint density at radius 2 is 1.87 bits per heavy atom. The third kappa shape index (κ3) is 4.66. The lowest BCUT2D eigenvalue weighted by Gasteiger charge is -2.17. The predicted octanol–water partition coefficient (Wildman–Crippen LogP) is 3.72. The number of hydrogen-bond donors (Lipinski definition) is 1. The van der Waals surface area contributed by atoms with Crippen LogP contribution >= 0.6 is 15.9 Å². The molecule has 0 aromatic heterocycles. The number of carbonyl (C=O) groups excluding carboxylic acids is 2. The molecular formula is C18H19BrN2O2. The fraction of sp³-hybridized carbons (Fsp3) is 0.222. The van der Waals surface area contributed by atoms with Crippen molar-refractivity contribution in [1.82, 2.24) is 4.90 Å². The molecule has 0 bridgehead atoms. The summed E-state index contributed by atoms with van der Waals surface area (Å²) >= 11 is 3.34. The summed E-state index contributed by atoms with van der Waals surface area (Å²) in [7, 11) is 1.62. The summed E-state index contributed by atoms with van der Waals surface area (Å²) in [5.41, 5.74) is 2.41. The zero-order valence-electron chi connectivity index (χ0n) is 13.2. The first kappa shape index (κ1) is 17.2. The van der Waals surface area contributed by atoms with E-state index in [0.29, 0.717) is 5.56 Å². The van der Waals surface area contributed by atoms with Crippen LogP contribution in [0.2, 0.25) is 0 Å². The van der Waals surface area contributed by atoms with Gasteiger partial charge in [0.1, 0.15) is 0 Å². The van der Waals surface area contributed by atoms with Crippen LogP contribution in [0.25, 0.3) is 0 Å². The molecule has 0 radical (unpaired) electrons. The van der Waals surface area contributed by atoms with E-state index in [2.05, 4.69) is 21.2 Å². The van der Waals surface area contributed by atoms with Crippen molar-refractivity contribution in [2.45, 2.75) is 13.3 Å². The third-order valence-corrected chi connectivity index (χ3v) is 3.96. The van der Waals surface area contributed by atoms with E-state index in [1.165, 1.54) is 4.90 Å². The van der Waals surface area contributed by atoms with Crippen LogP contribution in [-0.2, 0) is 11.2 Å². The molecule has 23 heavy (non-hydrogen) atoms. The van der Waals surface area contributed by atoms with Crippen LogP contribution < -0.4 is 5.32 Å². The summed E-state index contributed by atoms with van der Waals surface area (Å²) in [6, 6.07) is 14.8. The Morgan fingerprint density at radius 3 is 2.57 bits per heavy atom. The number of para-hydroxylation sites is 1. The zero-order valence-corrected chi connectivity index (χ0v) is 14.8. The minimum Gasteiger partial charge on any atom is -0.332 e. The minimum absolute atomic E-state index is 0.00337. The van der Waals surface area contributed by atoms with Gasteiger partial charge in [0.15, 0.2) is 0 Å². The molecule has 0 unspecified atom stereocenters. The molecule has 0 atom stereocenters. The molecule has 1 N–H and O–H groups in total. The second kappa shape index (κ2) is 7.92. The second-order valence-corrected chi connectivity index (χ2v) is 6.15. The van der Waals surface area contributed by atoms with Gasteiger partial charge in [0.05, 0.1) is 6.54 Å². The van der Waals surface area contributed by atoms with Gasteiger partial charge in [-0.05, 0) is 36.2 Å². The number of carbonyl (C=O) groups is 2. The van der Waals surface area contributed by atoms with Gasteiger partial charge in [0.25, 0.3) is 5.91 Å². The van der Waals surface area contributed by atoms with E-state index in [1.807, 2.05) is 37.3 Å². The maximum Gasteiger partial charge on any atom is 0.254 e. The molecule has 120 valence electrons. The van der Waals surface area contributed by atoms with Crippen molar-refractivity contribution in [1.29, 1.82) is 0 Å². The topological polar surface area (TPSA) is 49.4 Å². The number of halogens is 1. The monoisotopic (exact) mass is 374 g/mol. The number of hydrogen-bond acceptors (Lipinski definition) is 2. The average Bonchev–Trinajstić information content (AvgIpc) is 2.54. The average molecular weight is 375 g/mol. The van der Waals surface area contributed by atoms with E-state index < -0.39 is 0 Å². The van der Waals surface area contributed by atoms with Gasteiger partial charge in [0, 0.05) is 22.8 Å². The Bertz CT molecular complexity index is 716. The molecule has 0 heterocycles. The van der Waals surface area contributed by atoms with Crippen LogP contribution in [0.3, 0.4) is 0 Å². The van der Waals surface area contributed by atoms with Crippen LogP contribution in [0.15, 0.2) is 53.0 Å². The number of anilines is 1. The largest absolute Gasteiger partial charge is 0.332 e. The summed E-state index contributed by atoms with van der Waals surface area (Å²) in [5, 5.41) is 2.87. The Kier molecular flexibility index (Phi) is 5.93. The van der Waals surface area contributed by atoms with Crippen LogP contribution in [0.1, 0.15) is 22.8 Å². The molecule has 0 aliphatic heterocycles. The van der Waals surface area contributed by atoms with Crippen molar-refractivity contribution in [2.75, 3.05) is 18.9 Å². The Hall–Kier alpha value is -2.14. The molecule has 2 amide bonds. The van der Waals surface area contributed by atoms with Gasteiger partial charge < -0.3 is 10.2 Å². The first-order valence-corrected chi connectivity index (χ1v) is 8.19. The molecule has 0 aliphatic carbocycles. The van der Waals surface area contributed by atoms with E-state index in [9.17, 15) is 9.59 Å². The zero-order chi connectivity index (χ0) is 16.8. The van der Waals surface area contributed by atoms with Gasteiger partial charge in [-0.25, -0.2) is 0 Å². The molecule has 5 heteroatoms. The summed E-state index contributed by atoms with van der Waals surface area (Å²) in [6.07, 6.45) is 0.837. The maximum absolute atomic E-state index is 12.3. The van der Waals surface area contributed by atoms with Crippen LogP contribution in [0, 0.1) is 0 Å². The van der Waals surface area contributed by atoms with E-state index in [4.69, 9.17) is 0 Å². The number of nitrogens with zero attached hydrogens (tertiary/aromatic N) is 1. The molecule has 0 spiro atoms. The molecule has 0 saturated carbocycles. The Balaban J connectivity index is 2.01. The quantitative estimate of drug-likeness (QED) is 0.866. The molecule has 0 aliphatic rings. The van der Waals surface area contributed by atoms with Crippen LogP contribution in [0.4, 0.5) is 5.69 Å². The van der Waals surface area contributed by atoms with Crippen molar-refractivity contribution in [3.8, 4) is 0 Å². The highest BCUT2D eigenvalue weighted by atomic mass is 79.9. The Morgan fingerprint density at radius 1 is 1.13 bits per heavy atom. The lowest BCUT2D eigenvalue weighted by molar-refractivity contribution is -0.116. The number of aryl methyl sites for hydroxylation is 1. The molecular weight excluding hydrogens is 356 g/mol. The second-order valence-electron chi connectivity index (χ2n) is 5.23. The van der Waals surface area contributed by atoms with E-state index in [1.54, 1.807) is 25.2 Å². The van der Waals surface area contributed by atoms with E-state index in [-0.39, 0.29) is 18.4 Å². The highest BCUT2D eigenvalue weighted by molar-refractivity contribution is 9.10. The molecule has 2 aromatic carbocycles.